The van der Waals surface area contributed by atoms with Crippen LogP contribution in [0.3, 0.4) is 0 Å². The largest absolute Gasteiger partial charge is 0.256 e. The molecule has 0 N–H and O–H groups in total. The van der Waals surface area contributed by atoms with Crippen molar-refractivity contribution in [2.75, 3.05) is 0 Å². The molecule has 2 heterocycles. The lowest BCUT2D eigenvalue weighted by atomic mass is 10.2. The summed E-state index contributed by atoms with van der Waals surface area (Å²) in [6, 6.07) is 7.85. The van der Waals surface area contributed by atoms with Crippen LogP contribution in [0.25, 0.3) is 11.3 Å². The van der Waals surface area contributed by atoms with Crippen LogP contribution in [0.4, 0.5) is 0 Å². The minimum Gasteiger partial charge on any atom is -0.256 e. The Morgan fingerprint density at radius 1 is 1.36 bits per heavy atom. The van der Waals surface area contributed by atoms with Crippen molar-refractivity contribution in [2.24, 2.45) is 0 Å². The maximum Gasteiger partial charge on any atom is 0.0710 e. The van der Waals surface area contributed by atoms with Crippen LogP contribution in [0.15, 0.2) is 35.8 Å². The van der Waals surface area contributed by atoms with Gasteiger partial charge in [-0.1, -0.05) is 6.07 Å². The molecule has 1 nitrogen and oxygen atoms in total. The Hall–Kier alpha value is -1.15. The van der Waals surface area contributed by atoms with E-state index >= 15 is 0 Å². The Kier molecular flexibility index (Phi) is 1.69. The summed E-state index contributed by atoms with van der Waals surface area (Å²) >= 11 is 1.57. The molecule has 0 fully saturated rings. The van der Waals surface area contributed by atoms with E-state index in [4.69, 9.17) is 0 Å². The highest BCUT2D eigenvalue weighted by Gasteiger charge is 1.95. The lowest BCUT2D eigenvalue weighted by Crippen LogP contribution is -1.76. The second kappa shape index (κ2) is 2.84. The van der Waals surface area contributed by atoms with Crippen LogP contribution in [0.5, 0.6) is 0 Å². The second-order valence-corrected chi connectivity index (χ2v) is 2.88. The van der Waals surface area contributed by atoms with E-state index in [0.717, 1.165) is 11.3 Å². The summed E-state index contributed by atoms with van der Waals surface area (Å²) in [4.78, 5) is 4.21. The molecule has 53 valence electrons. The first kappa shape index (κ1) is 6.55. The Morgan fingerprint density at radius 3 is 3.00 bits per heavy atom. The molecule has 1 radical (unpaired) electrons. The number of nitrogens with zero attached hydrogens (tertiary/aromatic N) is 1. The maximum atomic E-state index is 4.21. The molecule has 2 aromatic rings. The fourth-order valence-corrected chi connectivity index (χ4v) is 1.48. The van der Waals surface area contributed by atoms with E-state index in [-0.39, 0.29) is 0 Å². The Labute approximate surface area is 69.3 Å². The molecule has 0 saturated heterocycles. The van der Waals surface area contributed by atoms with Crippen LogP contribution >= 0.6 is 11.3 Å². The van der Waals surface area contributed by atoms with Gasteiger partial charge in [0.25, 0.3) is 0 Å². The van der Waals surface area contributed by atoms with Crippen molar-refractivity contribution in [3.63, 3.8) is 0 Å². The van der Waals surface area contributed by atoms with Gasteiger partial charge in [-0.2, -0.15) is 0 Å². The number of hydrogen-bond acceptors (Lipinski definition) is 2. The zero-order valence-corrected chi connectivity index (χ0v) is 6.64. The van der Waals surface area contributed by atoms with Crippen LogP contribution in [0.1, 0.15) is 0 Å². The van der Waals surface area contributed by atoms with Gasteiger partial charge >= 0.3 is 0 Å². The molecule has 0 aromatic carbocycles. The molecule has 0 aliphatic carbocycles. The van der Waals surface area contributed by atoms with Gasteiger partial charge in [-0.25, -0.2) is 0 Å². The molecule has 2 aromatic heterocycles. The second-order valence-electron chi connectivity index (χ2n) is 2.17. The first-order valence-corrected chi connectivity index (χ1v) is 4.21. The molecule has 0 amide bonds. The molecule has 0 atom stereocenters. The maximum absolute atomic E-state index is 4.21. The lowest BCUT2D eigenvalue weighted by molar-refractivity contribution is 1.33. The summed E-state index contributed by atoms with van der Waals surface area (Å²) in [6.07, 6.45) is 1.80. The summed E-state index contributed by atoms with van der Waals surface area (Å²) in [5.74, 6) is 0. The summed E-state index contributed by atoms with van der Waals surface area (Å²) in [5, 5.41) is 5.07. The standard InChI is InChI=1S/C9H6NS/c1-2-5-10-9(3-1)8-4-6-11-7-8/h1-5,7H. The first-order chi connectivity index (χ1) is 5.47. The summed E-state index contributed by atoms with van der Waals surface area (Å²) < 4.78 is 0. The highest BCUT2D eigenvalue weighted by atomic mass is 32.1. The number of pyridine rings is 1. The third-order valence-corrected chi connectivity index (χ3v) is 2.05. The minimum absolute atomic E-state index is 1.02. The summed E-state index contributed by atoms with van der Waals surface area (Å²) in [7, 11) is 0. The molecule has 0 aliphatic rings. The molecule has 0 unspecified atom stereocenters. The van der Waals surface area contributed by atoms with Gasteiger partial charge in [0.1, 0.15) is 0 Å². The van der Waals surface area contributed by atoms with Crippen LogP contribution in [0, 0.1) is 5.38 Å². The fourth-order valence-electron chi connectivity index (χ4n) is 0.897. The Bertz CT molecular complexity index is 313. The van der Waals surface area contributed by atoms with Crippen LogP contribution in [-0.2, 0) is 0 Å². The van der Waals surface area contributed by atoms with Gasteiger partial charge in [0.2, 0.25) is 0 Å². The van der Waals surface area contributed by atoms with Gasteiger partial charge in [-0.3, -0.25) is 4.98 Å². The number of thiophene rings is 1. The lowest BCUT2D eigenvalue weighted by Gasteiger charge is -1.92. The smallest absolute Gasteiger partial charge is 0.0710 e. The van der Waals surface area contributed by atoms with Crippen molar-refractivity contribution in [2.45, 2.75) is 0 Å². The normalized spacial score (nSPS) is 9.82. The fraction of sp³-hybridized carbons (Fsp3) is 0. The summed E-state index contributed by atoms with van der Waals surface area (Å²) in [6.45, 7) is 0. The topological polar surface area (TPSA) is 12.9 Å². The van der Waals surface area contributed by atoms with Gasteiger partial charge in [0.05, 0.1) is 5.69 Å². The minimum atomic E-state index is 1.02. The van der Waals surface area contributed by atoms with Crippen LogP contribution < -0.4 is 0 Å². The van der Waals surface area contributed by atoms with E-state index < -0.39 is 0 Å². The van der Waals surface area contributed by atoms with E-state index in [1.807, 2.05) is 29.6 Å². The van der Waals surface area contributed by atoms with Crippen molar-refractivity contribution in [3.05, 3.63) is 41.2 Å². The van der Waals surface area contributed by atoms with Gasteiger partial charge in [-0.05, 0) is 18.2 Å². The van der Waals surface area contributed by atoms with Crippen LogP contribution in [0.2, 0.25) is 0 Å². The van der Waals surface area contributed by atoms with Crippen molar-refractivity contribution >= 4 is 11.3 Å². The monoisotopic (exact) mass is 160 g/mol. The SMILES string of the molecule is [c]1cc(-c2ccccn2)cs1. The molecular formula is C9H6NS. The first-order valence-electron chi connectivity index (χ1n) is 3.33. The highest BCUT2D eigenvalue weighted by molar-refractivity contribution is 7.07. The van der Waals surface area contributed by atoms with Crippen molar-refractivity contribution in [3.8, 4) is 11.3 Å². The molecule has 0 aliphatic heterocycles. The molecule has 0 spiro atoms. The van der Waals surface area contributed by atoms with Crippen molar-refractivity contribution in [1.82, 2.24) is 4.98 Å². The molecular weight excluding hydrogens is 154 g/mol. The van der Waals surface area contributed by atoms with Gasteiger partial charge in [0, 0.05) is 22.5 Å². The predicted octanol–water partition coefficient (Wildman–Crippen LogP) is 2.61. The van der Waals surface area contributed by atoms with E-state index in [1.54, 1.807) is 17.5 Å². The van der Waals surface area contributed by atoms with E-state index in [2.05, 4.69) is 10.4 Å². The van der Waals surface area contributed by atoms with Crippen LogP contribution in [-0.4, -0.2) is 4.98 Å². The molecule has 0 bridgehead atoms. The van der Waals surface area contributed by atoms with Crippen molar-refractivity contribution in [1.29, 1.82) is 0 Å². The third kappa shape index (κ3) is 1.30. The Morgan fingerprint density at radius 2 is 2.36 bits per heavy atom. The molecule has 2 rings (SSSR count). The van der Waals surface area contributed by atoms with Crippen molar-refractivity contribution < 1.29 is 0 Å². The number of hydrogen-bond donors (Lipinski definition) is 0. The zero-order chi connectivity index (χ0) is 7.52. The quantitative estimate of drug-likeness (QED) is 0.625. The van der Waals surface area contributed by atoms with E-state index in [0.29, 0.717) is 0 Å². The molecule has 0 saturated carbocycles. The molecule has 11 heavy (non-hydrogen) atoms. The molecule has 2 heteroatoms. The van der Waals surface area contributed by atoms with Gasteiger partial charge in [-0.15, -0.1) is 11.3 Å². The van der Waals surface area contributed by atoms with Gasteiger partial charge in [0.15, 0.2) is 0 Å². The predicted molar refractivity (Wildman–Crippen MR) is 46.4 cm³/mol. The average molecular weight is 160 g/mol. The average Bonchev–Trinajstić information content (AvgIpc) is 2.58. The van der Waals surface area contributed by atoms with Gasteiger partial charge < -0.3 is 0 Å². The number of aromatic nitrogens is 1. The summed E-state index contributed by atoms with van der Waals surface area (Å²) in [5.41, 5.74) is 2.17. The van der Waals surface area contributed by atoms with E-state index in [9.17, 15) is 0 Å². The number of rotatable bonds is 1. The highest BCUT2D eigenvalue weighted by Crippen LogP contribution is 2.17. The van der Waals surface area contributed by atoms with E-state index in [1.165, 1.54) is 0 Å². The Balaban J connectivity index is 2.46. The zero-order valence-electron chi connectivity index (χ0n) is 5.82. The third-order valence-electron chi connectivity index (χ3n) is 1.43.